The minimum atomic E-state index is -0.653. The van der Waals surface area contributed by atoms with Crippen LogP contribution < -0.4 is 14.8 Å². The molecule has 0 fully saturated rings. The van der Waals surface area contributed by atoms with E-state index < -0.39 is 12.1 Å². The quantitative estimate of drug-likeness (QED) is 0.657. The molecule has 2 N–H and O–H groups in total. The number of aliphatic hydroxyl groups is 1. The number of esters is 1. The summed E-state index contributed by atoms with van der Waals surface area (Å²) in [5, 5.41) is 14.3. The van der Waals surface area contributed by atoms with Gasteiger partial charge < -0.3 is 24.6 Å². The molecule has 1 aliphatic heterocycles. The normalized spacial score (nSPS) is 16.6. The van der Waals surface area contributed by atoms with Crippen molar-refractivity contribution in [1.29, 1.82) is 0 Å². The first-order chi connectivity index (χ1) is 13.5. The van der Waals surface area contributed by atoms with Crippen molar-refractivity contribution in [3.8, 4) is 11.5 Å². The molecule has 2 atom stereocenters. The molecular formula is C21H24ClNO5. The number of hydrogen-bond donors (Lipinski definition) is 2. The molecule has 1 heterocycles. The van der Waals surface area contributed by atoms with E-state index in [1.807, 2.05) is 24.3 Å². The monoisotopic (exact) mass is 405 g/mol. The van der Waals surface area contributed by atoms with E-state index in [2.05, 4.69) is 5.32 Å². The number of rotatable bonds is 8. The number of fused-ring (bicyclic) bond motifs is 1. The van der Waals surface area contributed by atoms with Gasteiger partial charge in [-0.3, -0.25) is 0 Å². The molecule has 2 aromatic rings. The van der Waals surface area contributed by atoms with Crippen LogP contribution in [-0.2, 0) is 16.0 Å². The molecule has 7 heteroatoms. The van der Waals surface area contributed by atoms with Gasteiger partial charge in [0.2, 0.25) is 0 Å². The van der Waals surface area contributed by atoms with E-state index in [4.69, 9.17) is 25.8 Å². The van der Waals surface area contributed by atoms with E-state index in [0.717, 1.165) is 23.3 Å². The number of halogens is 1. The van der Waals surface area contributed by atoms with Gasteiger partial charge in [0, 0.05) is 17.6 Å². The van der Waals surface area contributed by atoms with Crippen LogP contribution in [0.5, 0.6) is 11.5 Å². The lowest BCUT2D eigenvalue weighted by molar-refractivity contribution is -0.145. The molecule has 2 aromatic carbocycles. The lowest BCUT2D eigenvalue weighted by Gasteiger charge is -2.27. The van der Waals surface area contributed by atoms with E-state index in [-0.39, 0.29) is 12.6 Å². The number of carbonyl (C=O) groups is 1. The molecule has 0 spiro atoms. The fourth-order valence-electron chi connectivity index (χ4n) is 3.05. The fraction of sp³-hybridized carbons (Fsp3) is 0.381. The Morgan fingerprint density at radius 1 is 1.36 bits per heavy atom. The van der Waals surface area contributed by atoms with E-state index in [0.29, 0.717) is 30.5 Å². The van der Waals surface area contributed by atoms with Crippen LogP contribution in [0.15, 0.2) is 42.5 Å². The molecule has 28 heavy (non-hydrogen) atoms. The summed E-state index contributed by atoms with van der Waals surface area (Å²) in [6.45, 7) is 2.86. The second-order valence-electron chi connectivity index (χ2n) is 6.55. The second kappa shape index (κ2) is 9.78. The summed E-state index contributed by atoms with van der Waals surface area (Å²) in [4.78, 5) is 11.4. The molecule has 0 amide bonds. The summed E-state index contributed by atoms with van der Waals surface area (Å²) < 4.78 is 16.1. The van der Waals surface area contributed by atoms with Crippen molar-refractivity contribution in [3.05, 3.63) is 58.6 Å². The highest BCUT2D eigenvalue weighted by Crippen LogP contribution is 2.29. The number of aliphatic hydroxyl groups excluding tert-OH is 1. The van der Waals surface area contributed by atoms with Crippen molar-refractivity contribution >= 4 is 17.6 Å². The molecule has 0 radical (unpaired) electrons. The molecule has 1 unspecified atom stereocenters. The third kappa shape index (κ3) is 5.61. The van der Waals surface area contributed by atoms with Gasteiger partial charge in [-0.2, -0.15) is 0 Å². The standard InChI is InChI=1S/C21H24ClNO5/c1-2-26-21(25)13-27-18-6-7-20-15(10-18)9-17(12-28-20)23-11-19(24)14-4-3-5-16(22)8-14/h3-8,10,17,19,23-24H,2,9,11-13H2,1H3/t17?,19-/m0/s1. The van der Waals surface area contributed by atoms with Crippen molar-refractivity contribution < 1.29 is 24.1 Å². The second-order valence-corrected chi connectivity index (χ2v) is 6.99. The first-order valence-corrected chi connectivity index (χ1v) is 9.64. The number of carbonyl (C=O) groups excluding carboxylic acids is 1. The lowest BCUT2D eigenvalue weighted by Crippen LogP contribution is -2.41. The average Bonchev–Trinajstić information content (AvgIpc) is 2.70. The zero-order chi connectivity index (χ0) is 19.9. The molecule has 0 bridgehead atoms. The summed E-state index contributed by atoms with van der Waals surface area (Å²) in [6, 6.07) is 12.7. The average molecular weight is 406 g/mol. The van der Waals surface area contributed by atoms with Gasteiger partial charge in [-0.05, 0) is 54.8 Å². The summed E-state index contributed by atoms with van der Waals surface area (Å²) in [6.07, 6.45) is 0.0770. The van der Waals surface area contributed by atoms with Gasteiger partial charge in [0.1, 0.15) is 18.1 Å². The summed E-state index contributed by atoms with van der Waals surface area (Å²) in [5.74, 6) is 0.998. The zero-order valence-electron chi connectivity index (χ0n) is 15.7. The van der Waals surface area contributed by atoms with Gasteiger partial charge in [0.05, 0.1) is 12.7 Å². The molecule has 0 saturated heterocycles. The third-order valence-electron chi connectivity index (χ3n) is 4.43. The Morgan fingerprint density at radius 2 is 2.21 bits per heavy atom. The van der Waals surface area contributed by atoms with E-state index in [9.17, 15) is 9.90 Å². The van der Waals surface area contributed by atoms with Gasteiger partial charge in [0.15, 0.2) is 6.61 Å². The third-order valence-corrected chi connectivity index (χ3v) is 4.67. The maximum Gasteiger partial charge on any atom is 0.344 e. The SMILES string of the molecule is CCOC(=O)COc1ccc2c(c1)CC(NC[C@H](O)c1cccc(Cl)c1)CO2. The largest absolute Gasteiger partial charge is 0.492 e. The van der Waals surface area contributed by atoms with Gasteiger partial charge in [-0.15, -0.1) is 0 Å². The van der Waals surface area contributed by atoms with Gasteiger partial charge >= 0.3 is 5.97 Å². The predicted molar refractivity (Wildman–Crippen MR) is 106 cm³/mol. The van der Waals surface area contributed by atoms with Crippen LogP contribution in [0.2, 0.25) is 5.02 Å². The van der Waals surface area contributed by atoms with Crippen LogP contribution in [0, 0.1) is 0 Å². The van der Waals surface area contributed by atoms with Gasteiger partial charge in [0.25, 0.3) is 0 Å². The fourth-order valence-corrected chi connectivity index (χ4v) is 3.25. The minimum Gasteiger partial charge on any atom is -0.492 e. The lowest BCUT2D eigenvalue weighted by atomic mass is 10.0. The van der Waals surface area contributed by atoms with Crippen molar-refractivity contribution in [2.45, 2.75) is 25.5 Å². The van der Waals surface area contributed by atoms with Crippen molar-refractivity contribution in [3.63, 3.8) is 0 Å². The highest BCUT2D eigenvalue weighted by atomic mass is 35.5. The van der Waals surface area contributed by atoms with Crippen molar-refractivity contribution in [2.24, 2.45) is 0 Å². The van der Waals surface area contributed by atoms with Crippen LogP contribution in [-0.4, -0.2) is 43.5 Å². The first kappa shape index (κ1) is 20.5. The smallest absolute Gasteiger partial charge is 0.344 e. The Morgan fingerprint density at radius 3 is 3.00 bits per heavy atom. The minimum absolute atomic E-state index is 0.0571. The van der Waals surface area contributed by atoms with E-state index >= 15 is 0 Å². The van der Waals surface area contributed by atoms with Crippen LogP contribution in [0.25, 0.3) is 0 Å². The number of hydrogen-bond acceptors (Lipinski definition) is 6. The molecule has 1 aliphatic rings. The molecule has 150 valence electrons. The van der Waals surface area contributed by atoms with Crippen LogP contribution in [0.1, 0.15) is 24.2 Å². The van der Waals surface area contributed by atoms with Gasteiger partial charge in [-0.1, -0.05) is 23.7 Å². The Kier molecular flexibility index (Phi) is 7.14. The van der Waals surface area contributed by atoms with Crippen LogP contribution in [0.3, 0.4) is 0 Å². The Balaban J connectivity index is 1.54. The molecule has 0 aliphatic carbocycles. The Hall–Kier alpha value is -2.28. The highest BCUT2D eigenvalue weighted by molar-refractivity contribution is 6.30. The topological polar surface area (TPSA) is 77.0 Å². The van der Waals surface area contributed by atoms with Gasteiger partial charge in [-0.25, -0.2) is 4.79 Å². The first-order valence-electron chi connectivity index (χ1n) is 9.26. The molecule has 0 saturated carbocycles. The number of nitrogens with one attached hydrogen (secondary N) is 1. The summed E-state index contributed by atoms with van der Waals surface area (Å²) in [5.41, 5.74) is 1.76. The van der Waals surface area contributed by atoms with Crippen LogP contribution in [0.4, 0.5) is 0 Å². The van der Waals surface area contributed by atoms with Crippen molar-refractivity contribution in [1.82, 2.24) is 5.32 Å². The maximum absolute atomic E-state index is 11.4. The number of ether oxygens (including phenoxy) is 3. The maximum atomic E-state index is 11.4. The summed E-state index contributed by atoms with van der Waals surface area (Å²) >= 11 is 5.98. The Labute approximate surface area is 169 Å². The molecule has 0 aromatic heterocycles. The number of benzene rings is 2. The zero-order valence-corrected chi connectivity index (χ0v) is 16.4. The van der Waals surface area contributed by atoms with Crippen molar-refractivity contribution in [2.75, 3.05) is 26.4 Å². The Bertz CT molecular complexity index is 813. The van der Waals surface area contributed by atoms with E-state index in [1.165, 1.54) is 0 Å². The predicted octanol–water partition coefficient (Wildman–Crippen LogP) is 2.91. The molecule has 3 rings (SSSR count). The van der Waals surface area contributed by atoms with Crippen LogP contribution >= 0.6 is 11.6 Å². The molecule has 6 nitrogen and oxygen atoms in total. The highest BCUT2D eigenvalue weighted by Gasteiger charge is 2.21. The van der Waals surface area contributed by atoms with E-state index in [1.54, 1.807) is 25.1 Å². The molecular weight excluding hydrogens is 382 g/mol. The summed E-state index contributed by atoms with van der Waals surface area (Å²) in [7, 11) is 0.